The molecule has 0 bridgehead atoms. The molecular formula is C12H19BrN2O. The van der Waals surface area contributed by atoms with Gasteiger partial charge in [0.15, 0.2) is 0 Å². The minimum Gasteiger partial charge on any atom is -0.375 e. The van der Waals surface area contributed by atoms with Gasteiger partial charge in [-0.15, -0.1) is 0 Å². The Morgan fingerprint density at radius 1 is 1.50 bits per heavy atom. The molecule has 0 saturated heterocycles. The summed E-state index contributed by atoms with van der Waals surface area (Å²) in [7, 11) is 0. The zero-order chi connectivity index (χ0) is 11.4. The molecule has 1 aliphatic rings. The van der Waals surface area contributed by atoms with E-state index in [-0.39, 0.29) is 0 Å². The molecule has 0 N–H and O–H groups in total. The summed E-state index contributed by atoms with van der Waals surface area (Å²) in [6, 6.07) is 0.608. The summed E-state index contributed by atoms with van der Waals surface area (Å²) in [5.41, 5.74) is 1.03. The Bertz CT molecular complexity index is 332. The first-order valence-corrected chi connectivity index (χ1v) is 6.92. The molecule has 2 rings (SSSR count). The van der Waals surface area contributed by atoms with Crippen LogP contribution in [0.3, 0.4) is 0 Å². The van der Waals surface area contributed by atoms with Gasteiger partial charge in [0.1, 0.15) is 5.69 Å². The van der Waals surface area contributed by atoms with Gasteiger partial charge < -0.3 is 4.74 Å². The van der Waals surface area contributed by atoms with Crippen molar-refractivity contribution in [1.82, 2.24) is 9.78 Å². The van der Waals surface area contributed by atoms with Crippen LogP contribution in [-0.4, -0.2) is 16.4 Å². The first kappa shape index (κ1) is 12.1. The predicted octanol–water partition coefficient (Wildman–Crippen LogP) is 3.69. The van der Waals surface area contributed by atoms with Gasteiger partial charge in [-0.05, 0) is 35.2 Å². The van der Waals surface area contributed by atoms with E-state index in [2.05, 4.69) is 38.8 Å². The van der Waals surface area contributed by atoms with Crippen LogP contribution in [0, 0.1) is 0 Å². The molecule has 1 aromatic heterocycles. The summed E-state index contributed by atoms with van der Waals surface area (Å²) in [6.07, 6.45) is 8.36. The number of aromatic nitrogens is 2. The smallest absolute Gasteiger partial charge is 0.102 e. The highest BCUT2D eigenvalue weighted by Gasteiger charge is 2.19. The SMILES string of the molecule is CCCOCc1nn(C2CCCC2)cc1Br. The largest absolute Gasteiger partial charge is 0.375 e. The molecule has 0 spiro atoms. The van der Waals surface area contributed by atoms with Gasteiger partial charge in [-0.1, -0.05) is 19.8 Å². The van der Waals surface area contributed by atoms with E-state index in [0.29, 0.717) is 12.6 Å². The number of ether oxygens (including phenoxy) is 1. The number of rotatable bonds is 5. The van der Waals surface area contributed by atoms with Crippen LogP contribution in [0.15, 0.2) is 10.7 Å². The summed E-state index contributed by atoms with van der Waals surface area (Å²) in [6.45, 7) is 3.54. The van der Waals surface area contributed by atoms with E-state index < -0.39 is 0 Å². The van der Waals surface area contributed by atoms with Crippen molar-refractivity contribution in [3.8, 4) is 0 Å². The lowest BCUT2D eigenvalue weighted by Crippen LogP contribution is -2.06. The van der Waals surface area contributed by atoms with Crippen molar-refractivity contribution in [2.75, 3.05) is 6.61 Å². The highest BCUT2D eigenvalue weighted by Crippen LogP contribution is 2.30. The first-order valence-electron chi connectivity index (χ1n) is 6.12. The Labute approximate surface area is 105 Å². The monoisotopic (exact) mass is 286 g/mol. The van der Waals surface area contributed by atoms with Gasteiger partial charge in [0.25, 0.3) is 0 Å². The lowest BCUT2D eigenvalue weighted by atomic mass is 10.3. The van der Waals surface area contributed by atoms with Crippen molar-refractivity contribution in [1.29, 1.82) is 0 Å². The third-order valence-electron chi connectivity index (χ3n) is 3.04. The summed E-state index contributed by atoms with van der Waals surface area (Å²) >= 11 is 3.55. The van der Waals surface area contributed by atoms with Crippen molar-refractivity contribution in [2.24, 2.45) is 0 Å². The van der Waals surface area contributed by atoms with Crippen LogP contribution in [-0.2, 0) is 11.3 Å². The van der Waals surface area contributed by atoms with E-state index in [0.717, 1.165) is 23.2 Å². The van der Waals surface area contributed by atoms with E-state index in [1.54, 1.807) is 0 Å². The number of hydrogen-bond donors (Lipinski definition) is 0. The fraction of sp³-hybridized carbons (Fsp3) is 0.750. The average molecular weight is 287 g/mol. The Morgan fingerprint density at radius 3 is 2.94 bits per heavy atom. The van der Waals surface area contributed by atoms with Crippen molar-refractivity contribution in [3.05, 3.63) is 16.4 Å². The molecule has 0 aromatic carbocycles. The van der Waals surface area contributed by atoms with Crippen LogP contribution >= 0.6 is 15.9 Å². The fourth-order valence-corrected chi connectivity index (χ4v) is 2.58. The summed E-state index contributed by atoms with van der Waals surface area (Å²) in [5, 5.41) is 4.61. The second-order valence-corrected chi connectivity index (χ2v) is 5.25. The maximum absolute atomic E-state index is 5.52. The second-order valence-electron chi connectivity index (χ2n) is 4.39. The Balaban J connectivity index is 1.97. The highest BCUT2D eigenvalue weighted by atomic mass is 79.9. The Hall–Kier alpha value is -0.350. The van der Waals surface area contributed by atoms with Gasteiger partial charge in [0.05, 0.1) is 17.1 Å². The average Bonchev–Trinajstić information content (AvgIpc) is 2.88. The zero-order valence-corrected chi connectivity index (χ0v) is 11.4. The van der Waals surface area contributed by atoms with Crippen LogP contribution < -0.4 is 0 Å². The molecule has 3 nitrogen and oxygen atoms in total. The quantitative estimate of drug-likeness (QED) is 0.772. The standard InChI is InChI=1S/C12H19BrN2O/c1-2-7-16-9-12-11(13)8-15(14-12)10-5-3-4-6-10/h8,10H,2-7,9H2,1H3. The lowest BCUT2D eigenvalue weighted by Gasteiger charge is -2.08. The molecular weight excluding hydrogens is 268 g/mol. The van der Waals surface area contributed by atoms with Crippen molar-refractivity contribution in [2.45, 2.75) is 51.7 Å². The van der Waals surface area contributed by atoms with E-state index in [1.807, 2.05) is 0 Å². The fourth-order valence-electron chi connectivity index (χ4n) is 2.17. The molecule has 90 valence electrons. The topological polar surface area (TPSA) is 27.1 Å². The summed E-state index contributed by atoms with van der Waals surface area (Å²) < 4.78 is 8.71. The molecule has 1 heterocycles. The minimum absolute atomic E-state index is 0.608. The molecule has 0 amide bonds. The third kappa shape index (κ3) is 2.86. The summed E-state index contributed by atoms with van der Waals surface area (Å²) in [4.78, 5) is 0. The highest BCUT2D eigenvalue weighted by molar-refractivity contribution is 9.10. The maximum atomic E-state index is 5.52. The Kier molecular flexibility index (Phi) is 4.41. The van der Waals surface area contributed by atoms with Gasteiger partial charge >= 0.3 is 0 Å². The number of halogens is 1. The van der Waals surface area contributed by atoms with Crippen LogP contribution in [0.25, 0.3) is 0 Å². The van der Waals surface area contributed by atoms with Gasteiger partial charge in [0.2, 0.25) is 0 Å². The van der Waals surface area contributed by atoms with Crippen LogP contribution in [0.1, 0.15) is 50.8 Å². The van der Waals surface area contributed by atoms with Crippen molar-refractivity contribution >= 4 is 15.9 Å². The molecule has 1 fully saturated rings. The zero-order valence-electron chi connectivity index (χ0n) is 9.79. The normalized spacial score (nSPS) is 17.1. The predicted molar refractivity (Wildman–Crippen MR) is 67.4 cm³/mol. The van der Waals surface area contributed by atoms with E-state index in [1.165, 1.54) is 25.7 Å². The van der Waals surface area contributed by atoms with Gasteiger partial charge in [-0.3, -0.25) is 4.68 Å². The molecule has 1 saturated carbocycles. The third-order valence-corrected chi connectivity index (χ3v) is 3.71. The molecule has 1 aliphatic carbocycles. The second kappa shape index (κ2) is 5.82. The molecule has 0 unspecified atom stereocenters. The van der Waals surface area contributed by atoms with Crippen LogP contribution in [0.4, 0.5) is 0 Å². The molecule has 16 heavy (non-hydrogen) atoms. The van der Waals surface area contributed by atoms with E-state index in [4.69, 9.17) is 4.74 Å². The first-order chi connectivity index (χ1) is 7.81. The minimum atomic E-state index is 0.608. The van der Waals surface area contributed by atoms with E-state index in [9.17, 15) is 0 Å². The molecule has 0 radical (unpaired) electrons. The van der Waals surface area contributed by atoms with Crippen LogP contribution in [0.2, 0.25) is 0 Å². The van der Waals surface area contributed by atoms with Crippen molar-refractivity contribution < 1.29 is 4.74 Å². The Morgan fingerprint density at radius 2 is 2.25 bits per heavy atom. The maximum Gasteiger partial charge on any atom is 0.102 e. The van der Waals surface area contributed by atoms with Gasteiger partial charge in [-0.2, -0.15) is 5.10 Å². The van der Waals surface area contributed by atoms with Crippen molar-refractivity contribution in [3.63, 3.8) is 0 Å². The number of nitrogens with zero attached hydrogens (tertiary/aromatic N) is 2. The molecule has 1 aromatic rings. The van der Waals surface area contributed by atoms with Gasteiger partial charge in [0, 0.05) is 12.8 Å². The lowest BCUT2D eigenvalue weighted by molar-refractivity contribution is 0.118. The molecule has 4 heteroatoms. The van der Waals surface area contributed by atoms with Crippen LogP contribution in [0.5, 0.6) is 0 Å². The molecule has 0 atom stereocenters. The van der Waals surface area contributed by atoms with Gasteiger partial charge in [-0.25, -0.2) is 0 Å². The summed E-state index contributed by atoms with van der Waals surface area (Å²) in [5.74, 6) is 0. The molecule has 0 aliphatic heterocycles. The van der Waals surface area contributed by atoms with E-state index >= 15 is 0 Å². The number of hydrogen-bond acceptors (Lipinski definition) is 2.